The first-order valence-corrected chi connectivity index (χ1v) is 8.48. The molecule has 3 heterocycles. The van der Waals surface area contributed by atoms with E-state index in [9.17, 15) is 4.79 Å². The van der Waals surface area contributed by atoms with E-state index >= 15 is 0 Å². The van der Waals surface area contributed by atoms with E-state index in [0.29, 0.717) is 24.0 Å². The van der Waals surface area contributed by atoms with Crippen LogP contribution in [0.4, 0.5) is 0 Å². The van der Waals surface area contributed by atoms with E-state index in [0.717, 1.165) is 25.9 Å². The van der Waals surface area contributed by atoms with Gasteiger partial charge in [0.1, 0.15) is 0 Å². The van der Waals surface area contributed by atoms with E-state index < -0.39 is 0 Å². The number of likely N-dealkylation sites (tertiary alicyclic amines) is 1. The van der Waals surface area contributed by atoms with Gasteiger partial charge in [-0.05, 0) is 45.4 Å². The fourth-order valence-electron chi connectivity index (χ4n) is 4.57. The molecule has 3 rings (SSSR count). The predicted octanol–water partition coefficient (Wildman–Crippen LogP) is 1.73. The van der Waals surface area contributed by atoms with Crippen LogP contribution in [0.1, 0.15) is 58.3 Å². The summed E-state index contributed by atoms with van der Waals surface area (Å²) in [7, 11) is 0. The SMILES string of the molecule is CC(C(=O)N1CCCCCC1)N1C2CCC1CC(N)C2. The molecular formula is C16H29N3O. The van der Waals surface area contributed by atoms with Crippen LogP contribution in [0.2, 0.25) is 0 Å². The van der Waals surface area contributed by atoms with Crippen LogP contribution in [0.3, 0.4) is 0 Å². The highest BCUT2D eigenvalue weighted by atomic mass is 16.2. The standard InChI is InChI=1S/C16H29N3O/c1-12(16(20)18-8-4-2-3-5-9-18)19-14-6-7-15(19)11-13(17)10-14/h12-15H,2-11,17H2,1H3. The van der Waals surface area contributed by atoms with Gasteiger partial charge in [-0.3, -0.25) is 9.69 Å². The molecule has 3 unspecified atom stereocenters. The van der Waals surface area contributed by atoms with Gasteiger partial charge in [-0.1, -0.05) is 12.8 Å². The average Bonchev–Trinajstić information content (AvgIpc) is 2.65. The molecule has 3 saturated heterocycles. The lowest BCUT2D eigenvalue weighted by molar-refractivity contribution is -0.138. The van der Waals surface area contributed by atoms with Crippen molar-refractivity contribution in [1.29, 1.82) is 0 Å². The Morgan fingerprint density at radius 1 is 1.05 bits per heavy atom. The van der Waals surface area contributed by atoms with Crippen LogP contribution < -0.4 is 5.73 Å². The van der Waals surface area contributed by atoms with Gasteiger partial charge < -0.3 is 10.6 Å². The summed E-state index contributed by atoms with van der Waals surface area (Å²) in [6, 6.07) is 1.51. The Morgan fingerprint density at radius 3 is 2.15 bits per heavy atom. The molecule has 20 heavy (non-hydrogen) atoms. The Morgan fingerprint density at radius 2 is 1.60 bits per heavy atom. The van der Waals surface area contributed by atoms with E-state index in [1.165, 1.54) is 38.5 Å². The largest absolute Gasteiger partial charge is 0.341 e. The number of hydrogen-bond donors (Lipinski definition) is 1. The fourth-order valence-corrected chi connectivity index (χ4v) is 4.57. The molecule has 2 N–H and O–H groups in total. The summed E-state index contributed by atoms with van der Waals surface area (Å²) in [4.78, 5) is 17.4. The Balaban J connectivity index is 1.66. The number of fused-ring (bicyclic) bond motifs is 2. The van der Waals surface area contributed by atoms with E-state index in [4.69, 9.17) is 5.73 Å². The van der Waals surface area contributed by atoms with Crippen molar-refractivity contribution in [3.05, 3.63) is 0 Å². The third-order valence-electron chi connectivity index (χ3n) is 5.55. The normalized spacial score (nSPS) is 36.7. The van der Waals surface area contributed by atoms with Gasteiger partial charge >= 0.3 is 0 Å². The molecule has 3 aliphatic rings. The highest BCUT2D eigenvalue weighted by Crippen LogP contribution is 2.37. The topological polar surface area (TPSA) is 49.6 Å². The number of hydrogen-bond acceptors (Lipinski definition) is 3. The molecule has 0 radical (unpaired) electrons. The number of carbonyl (C=O) groups excluding carboxylic acids is 1. The van der Waals surface area contributed by atoms with Crippen LogP contribution in [0, 0.1) is 0 Å². The van der Waals surface area contributed by atoms with Gasteiger partial charge in [0.2, 0.25) is 5.91 Å². The number of nitrogens with zero attached hydrogens (tertiary/aromatic N) is 2. The van der Waals surface area contributed by atoms with Crippen molar-refractivity contribution in [3.63, 3.8) is 0 Å². The number of nitrogens with two attached hydrogens (primary N) is 1. The molecular weight excluding hydrogens is 250 g/mol. The average molecular weight is 279 g/mol. The predicted molar refractivity (Wildman–Crippen MR) is 80.4 cm³/mol. The molecule has 0 aromatic carbocycles. The summed E-state index contributed by atoms with van der Waals surface area (Å²) in [6.45, 7) is 4.05. The lowest BCUT2D eigenvalue weighted by Gasteiger charge is -2.42. The second-order valence-corrected chi connectivity index (χ2v) is 6.98. The first kappa shape index (κ1) is 14.3. The number of carbonyl (C=O) groups is 1. The second kappa shape index (κ2) is 6.02. The fraction of sp³-hybridized carbons (Fsp3) is 0.938. The third-order valence-corrected chi connectivity index (χ3v) is 5.55. The molecule has 3 aliphatic heterocycles. The van der Waals surface area contributed by atoms with Crippen LogP contribution >= 0.6 is 0 Å². The quantitative estimate of drug-likeness (QED) is 0.837. The van der Waals surface area contributed by atoms with Crippen molar-refractivity contribution in [3.8, 4) is 0 Å². The molecule has 4 nitrogen and oxygen atoms in total. The van der Waals surface area contributed by atoms with Crippen molar-refractivity contribution in [2.24, 2.45) is 5.73 Å². The molecule has 2 bridgehead atoms. The van der Waals surface area contributed by atoms with Gasteiger partial charge in [-0.2, -0.15) is 0 Å². The van der Waals surface area contributed by atoms with Crippen molar-refractivity contribution in [1.82, 2.24) is 9.80 Å². The molecule has 1 amide bonds. The van der Waals surface area contributed by atoms with E-state index in [-0.39, 0.29) is 6.04 Å². The molecule has 0 aromatic rings. The maximum Gasteiger partial charge on any atom is 0.239 e. The van der Waals surface area contributed by atoms with Crippen LogP contribution in [0.25, 0.3) is 0 Å². The maximum absolute atomic E-state index is 12.8. The summed E-state index contributed by atoms with van der Waals surface area (Å²) in [5, 5.41) is 0. The van der Waals surface area contributed by atoms with Gasteiger partial charge in [-0.15, -0.1) is 0 Å². The minimum absolute atomic E-state index is 0.0538. The van der Waals surface area contributed by atoms with Crippen LogP contribution in [-0.2, 0) is 4.79 Å². The monoisotopic (exact) mass is 279 g/mol. The molecule has 0 saturated carbocycles. The zero-order chi connectivity index (χ0) is 14.1. The molecule has 0 aliphatic carbocycles. The first-order chi connectivity index (χ1) is 9.66. The van der Waals surface area contributed by atoms with E-state index in [1.54, 1.807) is 0 Å². The van der Waals surface area contributed by atoms with Gasteiger partial charge in [0.05, 0.1) is 6.04 Å². The highest BCUT2D eigenvalue weighted by Gasteiger charge is 2.44. The van der Waals surface area contributed by atoms with Crippen molar-refractivity contribution in [2.45, 2.75) is 82.5 Å². The molecule has 3 atom stereocenters. The minimum Gasteiger partial charge on any atom is -0.341 e. The third kappa shape index (κ3) is 2.73. The number of piperidine rings is 1. The minimum atomic E-state index is 0.0538. The lowest BCUT2D eigenvalue weighted by Crippen LogP contribution is -2.56. The zero-order valence-corrected chi connectivity index (χ0v) is 12.8. The smallest absolute Gasteiger partial charge is 0.239 e. The van der Waals surface area contributed by atoms with E-state index in [2.05, 4.69) is 16.7 Å². The summed E-state index contributed by atoms with van der Waals surface area (Å²) >= 11 is 0. The highest BCUT2D eigenvalue weighted by molar-refractivity contribution is 5.81. The van der Waals surface area contributed by atoms with E-state index in [1.807, 2.05) is 0 Å². The molecule has 4 heteroatoms. The van der Waals surface area contributed by atoms with Crippen LogP contribution in [0.15, 0.2) is 0 Å². The molecule has 0 aromatic heterocycles. The van der Waals surface area contributed by atoms with Gasteiger partial charge in [0, 0.05) is 31.2 Å². The summed E-state index contributed by atoms with van der Waals surface area (Å²) in [5.74, 6) is 0.360. The number of amides is 1. The summed E-state index contributed by atoms with van der Waals surface area (Å²) in [6.07, 6.45) is 9.53. The molecule has 0 spiro atoms. The maximum atomic E-state index is 12.8. The van der Waals surface area contributed by atoms with Gasteiger partial charge in [0.15, 0.2) is 0 Å². The number of rotatable bonds is 2. The Bertz CT molecular complexity index is 338. The Hall–Kier alpha value is -0.610. The summed E-state index contributed by atoms with van der Waals surface area (Å²) < 4.78 is 0. The van der Waals surface area contributed by atoms with Crippen LogP contribution in [0.5, 0.6) is 0 Å². The Kier molecular flexibility index (Phi) is 4.32. The van der Waals surface area contributed by atoms with Gasteiger partial charge in [0.25, 0.3) is 0 Å². The molecule has 3 fully saturated rings. The van der Waals surface area contributed by atoms with Crippen LogP contribution in [-0.4, -0.2) is 53.0 Å². The lowest BCUT2D eigenvalue weighted by atomic mass is 9.96. The van der Waals surface area contributed by atoms with Crippen molar-refractivity contribution in [2.75, 3.05) is 13.1 Å². The molecule has 114 valence electrons. The summed E-state index contributed by atoms with van der Waals surface area (Å²) in [5.41, 5.74) is 6.14. The van der Waals surface area contributed by atoms with Gasteiger partial charge in [-0.25, -0.2) is 0 Å². The Labute approximate surface area is 122 Å². The first-order valence-electron chi connectivity index (χ1n) is 8.48. The second-order valence-electron chi connectivity index (χ2n) is 6.98. The van der Waals surface area contributed by atoms with Crippen molar-refractivity contribution >= 4 is 5.91 Å². The van der Waals surface area contributed by atoms with Crippen molar-refractivity contribution < 1.29 is 4.79 Å². The zero-order valence-electron chi connectivity index (χ0n) is 12.8.